The first-order valence-electron chi connectivity index (χ1n) is 25.2. The quantitative estimate of drug-likeness (QED) is 0.192. The minimum atomic E-state index is -0.945. The van der Waals surface area contributed by atoms with E-state index >= 15 is 0 Å². The normalized spacial score (nSPS) is 25.6. The third kappa shape index (κ3) is 10.3. The number of nitrogens with zero attached hydrogens (tertiary/aromatic N) is 7. The van der Waals surface area contributed by atoms with Gasteiger partial charge >= 0.3 is 6.03 Å². The highest BCUT2D eigenvalue weighted by Gasteiger charge is 2.47. The minimum Gasteiger partial charge on any atom is -0.507 e. The van der Waals surface area contributed by atoms with Gasteiger partial charge in [0.15, 0.2) is 5.82 Å². The van der Waals surface area contributed by atoms with E-state index in [0.717, 1.165) is 81.8 Å². The Morgan fingerprint density at radius 2 is 1.55 bits per heavy atom. The van der Waals surface area contributed by atoms with Crippen LogP contribution in [0.4, 0.5) is 10.6 Å². The van der Waals surface area contributed by atoms with Gasteiger partial charge in [-0.2, -0.15) is 0 Å². The number of benzene rings is 2. The molecule has 2 unspecified atom stereocenters. The first kappa shape index (κ1) is 48.3. The summed E-state index contributed by atoms with van der Waals surface area (Å²) in [4.78, 5) is 65.8. The van der Waals surface area contributed by atoms with Crippen LogP contribution in [0.2, 0.25) is 0 Å². The van der Waals surface area contributed by atoms with Gasteiger partial charge in [0.2, 0.25) is 17.7 Å². The largest absolute Gasteiger partial charge is 0.507 e. The first-order chi connectivity index (χ1) is 33.2. The van der Waals surface area contributed by atoms with Crippen molar-refractivity contribution in [2.45, 2.75) is 134 Å². The predicted molar refractivity (Wildman–Crippen MR) is 263 cm³/mol. The lowest BCUT2D eigenvalue weighted by Gasteiger charge is -2.49. The van der Waals surface area contributed by atoms with E-state index in [1.165, 1.54) is 10.5 Å². The number of aromatic hydroxyl groups is 1. The Morgan fingerprint density at radius 1 is 0.870 bits per heavy atom. The second kappa shape index (κ2) is 20.3. The molecule has 5 N–H and O–H groups in total. The number of carbonyl (C=O) groups excluding carboxylic acids is 4. The SMILES string of the molecule is C#Cc1ccc(CNC(=O)[C@@H]2C[C@@H](O)CN2C(=O)[C@@H](NC(=O)N2CCC(C(=O)N3CCC(N4CCC(N5CCC6Nc7nnc(-c8ccccc8O)cc7C6[C@H]5C)CC4)CC3)CC2)C(C)(C)C)cc1. The molecular weight excluding hydrogens is 873 g/mol. The van der Waals surface area contributed by atoms with E-state index in [-0.39, 0.29) is 49.0 Å². The number of fused-ring (bicyclic) bond motifs is 3. The molecule has 69 heavy (non-hydrogen) atoms. The Balaban J connectivity index is 0.718. The van der Waals surface area contributed by atoms with Gasteiger partial charge in [0.25, 0.3) is 0 Å². The Bertz CT molecular complexity index is 2400. The summed E-state index contributed by atoms with van der Waals surface area (Å²) in [5, 5.41) is 39.7. The van der Waals surface area contributed by atoms with E-state index in [4.69, 9.17) is 6.42 Å². The summed E-state index contributed by atoms with van der Waals surface area (Å²) in [6.45, 7) is 13.7. The summed E-state index contributed by atoms with van der Waals surface area (Å²) < 4.78 is 0. The fraction of sp³-hybridized carbons (Fsp3) is 0.585. The van der Waals surface area contributed by atoms with Crippen molar-refractivity contribution in [3.63, 3.8) is 0 Å². The molecule has 2 aromatic carbocycles. The molecule has 368 valence electrons. The molecule has 5 amide bonds. The van der Waals surface area contributed by atoms with Gasteiger partial charge in [0.1, 0.15) is 17.8 Å². The number of para-hydroxylation sites is 1. The second-order valence-electron chi connectivity index (χ2n) is 21.4. The van der Waals surface area contributed by atoms with Crippen LogP contribution in [0.25, 0.3) is 11.3 Å². The zero-order valence-corrected chi connectivity index (χ0v) is 40.6. The number of phenolic OH excluding ortho intramolecular Hbond substituents is 1. The second-order valence-corrected chi connectivity index (χ2v) is 21.4. The van der Waals surface area contributed by atoms with Gasteiger partial charge in [0, 0.05) is 105 Å². The van der Waals surface area contributed by atoms with Gasteiger partial charge in [0.05, 0.1) is 11.8 Å². The predicted octanol–water partition coefficient (Wildman–Crippen LogP) is 4.37. The van der Waals surface area contributed by atoms with Crippen molar-refractivity contribution in [2.75, 3.05) is 57.7 Å². The van der Waals surface area contributed by atoms with Crippen LogP contribution in [-0.2, 0) is 20.9 Å². The molecule has 5 saturated heterocycles. The molecule has 0 radical (unpaired) electrons. The molecule has 7 heterocycles. The number of carbonyl (C=O) groups is 4. The number of phenols is 1. The molecule has 0 spiro atoms. The topological polar surface area (TPSA) is 187 Å². The number of β-amino-alcohol motifs (C(OH)–C–C–N with tert-alkyl or cyclic N) is 1. The average molecular weight is 943 g/mol. The number of terminal acetylenes is 1. The number of nitrogens with one attached hydrogen (secondary N) is 3. The third-order valence-electron chi connectivity index (χ3n) is 16.1. The summed E-state index contributed by atoms with van der Waals surface area (Å²) in [5.41, 5.74) is 3.49. The van der Waals surface area contributed by atoms with Crippen molar-refractivity contribution in [3.05, 3.63) is 71.3 Å². The molecular formula is C53H70N10O6. The fourth-order valence-electron chi connectivity index (χ4n) is 12.1. The number of urea groups is 1. The number of likely N-dealkylation sites (tertiary alicyclic amines) is 5. The number of amides is 5. The summed E-state index contributed by atoms with van der Waals surface area (Å²) >= 11 is 0. The molecule has 6 aliphatic rings. The van der Waals surface area contributed by atoms with Crippen LogP contribution >= 0.6 is 0 Å². The van der Waals surface area contributed by atoms with E-state index in [1.54, 1.807) is 23.1 Å². The highest BCUT2D eigenvalue weighted by atomic mass is 16.3. The van der Waals surface area contributed by atoms with Gasteiger partial charge in [-0.15, -0.1) is 16.6 Å². The molecule has 6 aliphatic heterocycles. The maximum Gasteiger partial charge on any atom is 0.318 e. The van der Waals surface area contributed by atoms with Crippen molar-refractivity contribution in [1.29, 1.82) is 0 Å². The van der Waals surface area contributed by atoms with E-state index in [0.29, 0.717) is 67.3 Å². The lowest BCUT2D eigenvalue weighted by atomic mass is 9.81. The number of hydrogen-bond acceptors (Lipinski definition) is 11. The molecule has 3 aromatic rings. The Morgan fingerprint density at radius 3 is 2.23 bits per heavy atom. The number of aliphatic hydroxyl groups is 1. The highest BCUT2D eigenvalue weighted by molar-refractivity contribution is 5.93. The maximum atomic E-state index is 14.2. The molecule has 16 nitrogen and oxygen atoms in total. The molecule has 0 aliphatic carbocycles. The van der Waals surface area contributed by atoms with Crippen molar-refractivity contribution >= 4 is 29.6 Å². The van der Waals surface area contributed by atoms with Crippen LogP contribution in [0.5, 0.6) is 5.75 Å². The van der Waals surface area contributed by atoms with Gasteiger partial charge < -0.3 is 45.8 Å². The summed E-state index contributed by atoms with van der Waals surface area (Å²) in [7, 11) is 0. The van der Waals surface area contributed by atoms with Crippen LogP contribution in [0.3, 0.4) is 0 Å². The van der Waals surface area contributed by atoms with E-state index in [1.807, 2.05) is 56.0 Å². The van der Waals surface area contributed by atoms with Crippen LogP contribution < -0.4 is 16.0 Å². The third-order valence-corrected chi connectivity index (χ3v) is 16.1. The number of piperidine rings is 4. The van der Waals surface area contributed by atoms with E-state index in [2.05, 4.69) is 54.9 Å². The monoisotopic (exact) mass is 943 g/mol. The number of anilines is 1. The average Bonchev–Trinajstić information content (AvgIpc) is 3.95. The molecule has 16 heteroatoms. The van der Waals surface area contributed by atoms with Crippen LogP contribution in [0.1, 0.15) is 102 Å². The molecule has 9 rings (SSSR count). The number of aromatic nitrogens is 2. The molecule has 0 saturated carbocycles. The zero-order chi connectivity index (χ0) is 48.6. The lowest BCUT2D eigenvalue weighted by molar-refractivity contribution is -0.142. The molecule has 1 aromatic heterocycles. The minimum absolute atomic E-state index is 0.00473. The van der Waals surface area contributed by atoms with Gasteiger partial charge in [-0.1, -0.05) is 51.0 Å². The van der Waals surface area contributed by atoms with Crippen LogP contribution in [0, 0.1) is 23.7 Å². The number of rotatable bonds is 9. The summed E-state index contributed by atoms with van der Waals surface area (Å²) in [6, 6.07) is 16.2. The Hall–Kier alpha value is -5.76. The number of aliphatic hydroxyl groups excluding tert-OH is 1. The molecule has 6 atom stereocenters. The van der Waals surface area contributed by atoms with Crippen LogP contribution in [0.15, 0.2) is 54.6 Å². The van der Waals surface area contributed by atoms with Crippen molar-refractivity contribution in [2.24, 2.45) is 11.3 Å². The van der Waals surface area contributed by atoms with E-state index < -0.39 is 29.5 Å². The van der Waals surface area contributed by atoms with Crippen molar-refractivity contribution in [3.8, 4) is 29.4 Å². The van der Waals surface area contributed by atoms with Gasteiger partial charge in [-0.3, -0.25) is 19.3 Å². The van der Waals surface area contributed by atoms with Gasteiger partial charge in [-0.25, -0.2) is 4.79 Å². The van der Waals surface area contributed by atoms with Crippen LogP contribution in [-0.4, -0.2) is 163 Å². The lowest BCUT2D eigenvalue weighted by Crippen LogP contribution is -2.60. The maximum absolute atomic E-state index is 14.2. The van der Waals surface area contributed by atoms with Crippen molar-refractivity contribution in [1.82, 2.24) is 45.3 Å². The molecule has 0 bridgehead atoms. The highest BCUT2D eigenvalue weighted by Crippen LogP contribution is 2.45. The van der Waals surface area contributed by atoms with Gasteiger partial charge in [-0.05, 0) is 106 Å². The Labute approximate surface area is 406 Å². The first-order valence-corrected chi connectivity index (χ1v) is 25.2. The standard InChI is InChI=1S/C53H70N10O6/c1-6-34-11-13-35(14-12-34)31-54-49(66)44-29-39(64)32-63(44)51(68)47(53(3,4)5)56-52(69)61-22-15-36(16-23-61)50(67)60-26-17-37(18-27-60)59-24-19-38(20-25-59)62-28-21-42-46(33(62)2)41-30-43(57-58-48(41)55-42)40-9-7-8-10-45(40)65/h1,7-14,30,33,36-39,42,44,46-47,64-65H,15-29,31-32H2,2-5H3,(H,54,66)(H,55,58)(H,56,69)/t33-,39-,42?,44+,46?,47-/m1/s1. The fourth-order valence-corrected chi connectivity index (χ4v) is 12.1. The zero-order valence-electron chi connectivity index (χ0n) is 40.6. The van der Waals surface area contributed by atoms with E-state index in [9.17, 15) is 29.4 Å². The Kier molecular flexibility index (Phi) is 14.2. The summed E-state index contributed by atoms with van der Waals surface area (Å²) in [6.07, 6.45) is 11.0. The molecule has 5 fully saturated rings. The number of hydrogen-bond donors (Lipinski definition) is 5. The van der Waals surface area contributed by atoms with Crippen molar-refractivity contribution < 1.29 is 29.4 Å². The smallest absolute Gasteiger partial charge is 0.318 e. The summed E-state index contributed by atoms with van der Waals surface area (Å²) in [5.74, 6) is 3.20.